The molecule has 1 aromatic rings. The van der Waals surface area contributed by atoms with Gasteiger partial charge in [0, 0.05) is 13.1 Å². The standard InChI is InChI=1S/C10H12ClF3N2O/c11-8-2-1-6(10(12,13)14)3-9(8)16-5-7(17)4-15/h1-3,7,16-17H,4-5,15H2. The normalized spacial score (nSPS) is 13.5. The van der Waals surface area contributed by atoms with E-state index in [1.165, 1.54) is 0 Å². The number of aliphatic hydroxyl groups excluding tert-OH is 1. The first kappa shape index (κ1) is 14.1. The molecule has 0 aliphatic rings. The van der Waals surface area contributed by atoms with E-state index in [0.29, 0.717) is 0 Å². The zero-order valence-corrected chi connectivity index (χ0v) is 9.52. The van der Waals surface area contributed by atoms with Gasteiger partial charge in [-0.15, -0.1) is 0 Å². The fourth-order valence-corrected chi connectivity index (χ4v) is 1.33. The molecule has 0 saturated heterocycles. The quantitative estimate of drug-likeness (QED) is 0.784. The van der Waals surface area contributed by atoms with Gasteiger partial charge in [0.15, 0.2) is 0 Å². The number of aliphatic hydroxyl groups is 1. The van der Waals surface area contributed by atoms with Crippen LogP contribution in [0.15, 0.2) is 18.2 Å². The molecule has 0 amide bonds. The van der Waals surface area contributed by atoms with Crippen LogP contribution in [0, 0.1) is 0 Å². The summed E-state index contributed by atoms with van der Waals surface area (Å²) in [5.41, 5.74) is 4.49. The number of benzene rings is 1. The molecule has 4 N–H and O–H groups in total. The summed E-state index contributed by atoms with van der Waals surface area (Å²) < 4.78 is 37.3. The Morgan fingerprint density at radius 2 is 2.06 bits per heavy atom. The Bertz CT molecular complexity index is 384. The molecule has 7 heteroatoms. The van der Waals surface area contributed by atoms with Crippen LogP contribution in [-0.2, 0) is 6.18 Å². The second kappa shape index (κ2) is 5.57. The maximum absolute atomic E-state index is 12.4. The Morgan fingerprint density at radius 3 is 2.59 bits per heavy atom. The van der Waals surface area contributed by atoms with E-state index in [2.05, 4.69) is 5.32 Å². The van der Waals surface area contributed by atoms with Crippen molar-refractivity contribution in [2.24, 2.45) is 5.73 Å². The Labute approximate surface area is 101 Å². The maximum Gasteiger partial charge on any atom is 0.416 e. The molecule has 96 valence electrons. The van der Waals surface area contributed by atoms with Crippen LogP contribution in [0.5, 0.6) is 0 Å². The number of hydrogen-bond donors (Lipinski definition) is 3. The summed E-state index contributed by atoms with van der Waals surface area (Å²) >= 11 is 5.73. The number of alkyl halides is 3. The molecule has 3 nitrogen and oxygen atoms in total. The van der Waals surface area contributed by atoms with Gasteiger partial charge in [0.05, 0.1) is 22.4 Å². The van der Waals surface area contributed by atoms with E-state index in [4.69, 9.17) is 17.3 Å². The Balaban J connectivity index is 2.84. The van der Waals surface area contributed by atoms with Crippen molar-refractivity contribution in [3.63, 3.8) is 0 Å². The molecule has 0 aliphatic carbocycles. The lowest BCUT2D eigenvalue weighted by Gasteiger charge is -2.14. The Hall–Kier alpha value is -0.980. The van der Waals surface area contributed by atoms with Crippen molar-refractivity contribution in [3.05, 3.63) is 28.8 Å². The molecule has 0 bridgehead atoms. The Morgan fingerprint density at radius 1 is 1.41 bits per heavy atom. The molecule has 0 fully saturated rings. The summed E-state index contributed by atoms with van der Waals surface area (Å²) in [6.45, 7) is 0.0567. The first-order valence-electron chi connectivity index (χ1n) is 4.83. The van der Waals surface area contributed by atoms with Gasteiger partial charge >= 0.3 is 6.18 Å². The lowest BCUT2D eigenvalue weighted by molar-refractivity contribution is -0.137. The summed E-state index contributed by atoms with van der Waals surface area (Å²) in [6.07, 6.45) is -5.26. The fraction of sp³-hybridized carbons (Fsp3) is 0.400. The molecule has 1 unspecified atom stereocenters. The van der Waals surface area contributed by atoms with Crippen LogP contribution in [-0.4, -0.2) is 24.3 Å². The van der Waals surface area contributed by atoms with E-state index in [1.807, 2.05) is 0 Å². The van der Waals surface area contributed by atoms with Crippen LogP contribution in [0.3, 0.4) is 0 Å². The second-order valence-corrected chi connectivity index (χ2v) is 3.87. The summed E-state index contributed by atoms with van der Waals surface area (Å²) in [7, 11) is 0. The van der Waals surface area contributed by atoms with Crippen molar-refractivity contribution in [1.82, 2.24) is 0 Å². The predicted molar refractivity (Wildman–Crippen MR) is 60.0 cm³/mol. The monoisotopic (exact) mass is 268 g/mol. The summed E-state index contributed by atoms with van der Waals surface area (Å²) in [5.74, 6) is 0. The average molecular weight is 269 g/mol. The van der Waals surface area contributed by atoms with Gasteiger partial charge in [-0.3, -0.25) is 0 Å². The SMILES string of the molecule is NCC(O)CNc1cc(C(F)(F)F)ccc1Cl. The molecular formula is C10H12ClF3N2O. The van der Waals surface area contributed by atoms with Crippen molar-refractivity contribution in [1.29, 1.82) is 0 Å². The van der Waals surface area contributed by atoms with Gasteiger partial charge in [0.25, 0.3) is 0 Å². The minimum Gasteiger partial charge on any atom is -0.390 e. The van der Waals surface area contributed by atoms with Crippen LogP contribution in [0.1, 0.15) is 5.56 Å². The van der Waals surface area contributed by atoms with E-state index in [1.54, 1.807) is 0 Å². The van der Waals surface area contributed by atoms with Crippen molar-refractivity contribution < 1.29 is 18.3 Å². The van der Waals surface area contributed by atoms with Crippen LogP contribution < -0.4 is 11.1 Å². The van der Waals surface area contributed by atoms with E-state index < -0.39 is 17.8 Å². The minimum atomic E-state index is -4.42. The first-order valence-corrected chi connectivity index (χ1v) is 5.21. The highest BCUT2D eigenvalue weighted by Gasteiger charge is 2.30. The molecule has 0 aliphatic heterocycles. The highest BCUT2D eigenvalue weighted by atomic mass is 35.5. The maximum atomic E-state index is 12.4. The second-order valence-electron chi connectivity index (χ2n) is 3.46. The summed E-state index contributed by atoms with van der Waals surface area (Å²) in [6, 6.07) is 2.94. The highest BCUT2D eigenvalue weighted by Crippen LogP contribution is 2.33. The van der Waals surface area contributed by atoms with Crippen LogP contribution in [0.2, 0.25) is 5.02 Å². The van der Waals surface area contributed by atoms with Crippen LogP contribution in [0.4, 0.5) is 18.9 Å². The molecule has 17 heavy (non-hydrogen) atoms. The summed E-state index contributed by atoms with van der Waals surface area (Å²) in [4.78, 5) is 0. The van der Waals surface area contributed by atoms with Crippen molar-refractivity contribution in [3.8, 4) is 0 Å². The molecule has 1 rings (SSSR count). The van der Waals surface area contributed by atoms with E-state index in [-0.39, 0.29) is 23.8 Å². The number of nitrogens with two attached hydrogens (primary N) is 1. The van der Waals surface area contributed by atoms with Crippen molar-refractivity contribution in [2.45, 2.75) is 12.3 Å². The molecular weight excluding hydrogens is 257 g/mol. The lowest BCUT2D eigenvalue weighted by atomic mass is 10.2. The van der Waals surface area contributed by atoms with Crippen LogP contribution in [0.25, 0.3) is 0 Å². The van der Waals surface area contributed by atoms with Gasteiger partial charge in [-0.05, 0) is 18.2 Å². The fourth-order valence-electron chi connectivity index (χ4n) is 1.15. The first-order chi connectivity index (χ1) is 7.84. The van der Waals surface area contributed by atoms with Crippen molar-refractivity contribution in [2.75, 3.05) is 18.4 Å². The average Bonchev–Trinajstić information content (AvgIpc) is 2.26. The smallest absolute Gasteiger partial charge is 0.390 e. The number of nitrogens with one attached hydrogen (secondary N) is 1. The van der Waals surface area contributed by atoms with Gasteiger partial charge in [-0.2, -0.15) is 13.2 Å². The minimum absolute atomic E-state index is 0.0174. The largest absolute Gasteiger partial charge is 0.416 e. The van der Waals surface area contributed by atoms with E-state index >= 15 is 0 Å². The molecule has 0 radical (unpaired) electrons. The zero-order chi connectivity index (χ0) is 13.1. The topological polar surface area (TPSA) is 58.3 Å². The number of halogens is 4. The molecule has 1 aromatic carbocycles. The predicted octanol–water partition coefficient (Wildman–Crippen LogP) is 2.09. The number of hydrogen-bond acceptors (Lipinski definition) is 3. The van der Waals surface area contributed by atoms with Gasteiger partial charge in [-0.1, -0.05) is 11.6 Å². The van der Waals surface area contributed by atoms with Crippen molar-refractivity contribution >= 4 is 17.3 Å². The molecule has 0 spiro atoms. The third-order valence-corrected chi connectivity index (χ3v) is 2.42. The van der Waals surface area contributed by atoms with E-state index in [0.717, 1.165) is 18.2 Å². The van der Waals surface area contributed by atoms with E-state index in [9.17, 15) is 18.3 Å². The molecule has 1 atom stereocenters. The third-order valence-electron chi connectivity index (χ3n) is 2.09. The number of rotatable bonds is 4. The van der Waals surface area contributed by atoms with Gasteiger partial charge in [0.1, 0.15) is 0 Å². The molecule has 0 saturated carbocycles. The van der Waals surface area contributed by atoms with Gasteiger partial charge < -0.3 is 16.2 Å². The van der Waals surface area contributed by atoms with Crippen LogP contribution >= 0.6 is 11.6 Å². The molecule has 0 aromatic heterocycles. The zero-order valence-electron chi connectivity index (χ0n) is 8.76. The lowest BCUT2D eigenvalue weighted by Crippen LogP contribution is -2.27. The highest BCUT2D eigenvalue weighted by molar-refractivity contribution is 6.33. The summed E-state index contributed by atoms with van der Waals surface area (Å²) in [5, 5.41) is 12.0. The Kier molecular flexibility index (Phi) is 4.62. The molecule has 0 heterocycles. The number of anilines is 1. The van der Waals surface area contributed by atoms with Gasteiger partial charge in [0.2, 0.25) is 0 Å². The van der Waals surface area contributed by atoms with Gasteiger partial charge in [-0.25, -0.2) is 0 Å². The third kappa shape index (κ3) is 4.07.